The second kappa shape index (κ2) is 8.28. The van der Waals surface area contributed by atoms with Gasteiger partial charge in [-0.15, -0.1) is 0 Å². The second-order valence-corrected chi connectivity index (χ2v) is 2.75. The lowest BCUT2D eigenvalue weighted by Gasteiger charge is -2.03. The number of nitrogens with one attached hydrogen (secondary N) is 1. The molecular formula is C6H11Cl2N3O2. The zero-order valence-corrected chi connectivity index (χ0v) is 8.29. The smallest absolute Gasteiger partial charge is 0.0921 e. The third-order valence-corrected chi connectivity index (χ3v) is 1.27. The summed E-state index contributed by atoms with van der Waals surface area (Å²) in [6.07, 6.45) is 3.95. The Morgan fingerprint density at radius 2 is 2.31 bits per heavy atom. The van der Waals surface area contributed by atoms with Gasteiger partial charge in [0.05, 0.1) is 36.7 Å². The topological polar surface area (TPSA) is 84.2 Å². The van der Waals surface area contributed by atoms with E-state index in [1.165, 1.54) is 0 Å². The summed E-state index contributed by atoms with van der Waals surface area (Å²) in [6.45, 7) is 0.0129. The number of nitrogens with two attached hydrogens (primary N) is 1. The molecule has 0 saturated carbocycles. The van der Waals surface area contributed by atoms with E-state index in [1.807, 2.05) is 0 Å². The monoisotopic (exact) mass is 227 g/mol. The molecule has 7 heteroatoms. The highest BCUT2D eigenvalue weighted by atomic mass is 35.6. The van der Waals surface area contributed by atoms with Crippen LogP contribution in [0.4, 0.5) is 0 Å². The van der Waals surface area contributed by atoms with Crippen molar-refractivity contribution in [1.82, 2.24) is 9.97 Å². The predicted octanol–water partition coefficient (Wildman–Crippen LogP) is 0.582. The highest BCUT2D eigenvalue weighted by molar-refractivity contribution is 6.24. The fourth-order valence-electron chi connectivity index (χ4n) is 0.743. The summed E-state index contributed by atoms with van der Waals surface area (Å²) in [7, 11) is 0. The molecule has 0 aromatic carbocycles. The average Bonchev–Trinajstić information content (AvgIpc) is 2.58. The van der Waals surface area contributed by atoms with Gasteiger partial charge in [0.1, 0.15) is 0 Å². The lowest BCUT2D eigenvalue weighted by atomic mass is 10.2. The first-order valence-corrected chi connectivity index (χ1v) is 4.09. The van der Waals surface area contributed by atoms with Gasteiger partial charge in [0.2, 0.25) is 0 Å². The summed E-state index contributed by atoms with van der Waals surface area (Å²) >= 11 is 8.53. The Balaban J connectivity index is 0.000000424. The first-order valence-electron chi connectivity index (χ1n) is 3.47. The van der Waals surface area contributed by atoms with Crippen molar-refractivity contribution in [3.63, 3.8) is 0 Å². The maximum atomic E-state index is 8.57. The van der Waals surface area contributed by atoms with Crippen LogP contribution < -0.4 is 5.73 Å². The van der Waals surface area contributed by atoms with E-state index in [1.54, 1.807) is 12.5 Å². The van der Waals surface area contributed by atoms with Gasteiger partial charge in [0.25, 0.3) is 0 Å². The van der Waals surface area contributed by atoms with Crippen molar-refractivity contribution in [2.45, 2.75) is 12.5 Å². The van der Waals surface area contributed by atoms with Crippen LogP contribution in [0.2, 0.25) is 0 Å². The van der Waals surface area contributed by atoms with Crippen LogP contribution in [0.25, 0.3) is 0 Å². The first kappa shape index (κ1) is 12.7. The van der Waals surface area contributed by atoms with Crippen LogP contribution in [0.15, 0.2) is 12.5 Å². The molecule has 76 valence electrons. The molecule has 0 aliphatic heterocycles. The SMILES string of the molecule is ClOCl.N[C@H](CO)Cc1cnc[nH]1. The Morgan fingerprint density at radius 1 is 1.69 bits per heavy atom. The van der Waals surface area contributed by atoms with Crippen molar-refractivity contribution < 1.29 is 8.95 Å². The number of aliphatic hydroxyl groups is 1. The Hall–Kier alpha value is -0.330. The molecule has 0 unspecified atom stereocenters. The van der Waals surface area contributed by atoms with Crippen LogP contribution in [0.5, 0.6) is 0 Å². The van der Waals surface area contributed by atoms with E-state index in [4.69, 9.17) is 10.8 Å². The van der Waals surface area contributed by atoms with Crippen LogP contribution in [-0.2, 0) is 10.3 Å². The van der Waals surface area contributed by atoms with E-state index in [0.29, 0.717) is 6.42 Å². The normalized spacial score (nSPS) is 11.7. The number of aromatic amines is 1. The van der Waals surface area contributed by atoms with Crippen molar-refractivity contribution in [3.05, 3.63) is 18.2 Å². The molecule has 0 radical (unpaired) electrons. The van der Waals surface area contributed by atoms with Crippen LogP contribution in [-0.4, -0.2) is 27.7 Å². The fraction of sp³-hybridized carbons (Fsp3) is 0.500. The molecule has 0 aliphatic rings. The van der Waals surface area contributed by atoms with E-state index in [-0.39, 0.29) is 12.6 Å². The molecule has 0 aliphatic carbocycles. The lowest BCUT2D eigenvalue weighted by molar-refractivity contribution is 0.264. The molecule has 1 aromatic rings. The van der Waals surface area contributed by atoms with Gasteiger partial charge in [-0.1, -0.05) is 0 Å². The van der Waals surface area contributed by atoms with Gasteiger partial charge in [-0.3, -0.25) is 0 Å². The Morgan fingerprint density at radius 3 is 2.69 bits per heavy atom. The van der Waals surface area contributed by atoms with Gasteiger partial charge in [0.15, 0.2) is 0 Å². The van der Waals surface area contributed by atoms with Crippen molar-refractivity contribution >= 4 is 23.7 Å². The summed E-state index contributed by atoms with van der Waals surface area (Å²) in [4.78, 5) is 6.72. The lowest BCUT2D eigenvalue weighted by Crippen LogP contribution is -2.26. The summed E-state index contributed by atoms with van der Waals surface area (Å²) in [5.41, 5.74) is 6.43. The van der Waals surface area contributed by atoms with Crippen LogP contribution in [0.3, 0.4) is 0 Å². The summed E-state index contributed by atoms with van der Waals surface area (Å²) in [5.74, 6) is 0. The number of rotatable bonds is 3. The van der Waals surface area contributed by atoms with E-state index >= 15 is 0 Å². The minimum Gasteiger partial charge on any atom is -0.395 e. The molecule has 13 heavy (non-hydrogen) atoms. The zero-order chi connectivity index (χ0) is 10.1. The summed E-state index contributed by atoms with van der Waals surface area (Å²) < 4.78 is 3.19. The Labute approximate surface area is 86.2 Å². The highest BCUT2D eigenvalue weighted by Crippen LogP contribution is 1.94. The third kappa shape index (κ3) is 6.80. The third-order valence-electron chi connectivity index (χ3n) is 1.27. The minimum atomic E-state index is -0.180. The number of halogens is 2. The molecule has 0 spiro atoms. The standard InChI is InChI=1S/C6H11N3O.Cl2O/c7-5(3-10)1-6-2-8-4-9-6;1-3-2/h2,4-5,10H,1,3,7H2,(H,8,9);/t5-;/m0./s1. The van der Waals surface area contributed by atoms with Crippen molar-refractivity contribution in [2.75, 3.05) is 6.61 Å². The minimum absolute atomic E-state index is 0.0129. The molecule has 0 bridgehead atoms. The van der Waals surface area contributed by atoms with Crippen LogP contribution in [0.1, 0.15) is 5.69 Å². The summed E-state index contributed by atoms with van der Waals surface area (Å²) in [6, 6.07) is -0.180. The predicted molar refractivity (Wildman–Crippen MR) is 50.1 cm³/mol. The zero-order valence-electron chi connectivity index (χ0n) is 6.78. The number of nitrogens with zero attached hydrogens (tertiary/aromatic N) is 1. The van der Waals surface area contributed by atoms with E-state index in [0.717, 1.165) is 5.69 Å². The van der Waals surface area contributed by atoms with Crippen molar-refractivity contribution in [1.29, 1.82) is 0 Å². The average molecular weight is 228 g/mol. The summed E-state index contributed by atoms with van der Waals surface area (Å²) in [5, 5.41) is 8.57. The maximum absolute atomic E-state index is 8.57. The van der Waals surface area contributed by atoms with Gasteiger partial charge in [-0.2, -0.15) is 3.84 Å². The van der Waals surface area contributed by atoms with Gasteiger partial charge in [-0.05, 0) is 0 Å². The first-order chi connectivity index (χ1) is 6.24. The number of imidazole rings is 1. The molecule has 0 amide bonds. The Kier molecular flexibility index (Phi) is 8.07. The molecule has 1 atom stereocenters. The molecule has 5 nitrogen and oxygen atoms in total. The molecule has 0 fully saturated rings. The van der Waals surface area contributed by atoms with E-state index < -0.39 is 0 Å². The highest BCUT2D eigenvalue weighted by Gasteiger charge is 2.01. The number of hydrogen-bond acceptors (Lipinski definition) is 4. The molecular weight excluding hydrogens is 217 g/mol. The van der Waals surface area contributed by atoms with E-state index in [9.17, 15) is 0 Å². The van der Waals surface area contributed by atoms with Crippen molar-refractivity contribution in [2.24, 2.45) is 5.73 Å². The Bertz CT molecular complexity index is 196. The molecule has 1 aromatic heterocycles. The van der Waals surface area contributed by atoms with Gasteiger partial charge >= 0.3 is 0 Å². The maximum Gasteiger partial charge on any atom is 0.0921 e. The molecule has 1 heterocycles. The fourth-order valence-corrected chi connectivity index (χ4v) is 0.743. The largest absolute Gasteiger partial charge is 0.395 e. The van der Waals surface area contributed by atoms with Crippen LogP contribution in [0, 0.1) is 0 Å². The quantitative estimate of drug-likeness (QED) is 0.706. The molecule has 0 saturated heterocycles. The van der Waals surface area contributed by atoms with E-state index in [2.05, 4.69) is 37.5 Å². The van der Waals surface area contributed by atoms with Crippen LogP contribution >= 0.6 is 23.7 Å². The van der Waals surface area contributed by atoms with Gasteiger partial charge < -0.3 is 15.8 Å². The number of aliphatic hydroxyl groups excluding tert-OH is 1. The molecule has 1 rings (SSSR count). The number of H-pyrrole nitrogens is 1. The number of aromatic nitrogens is 2. The number of hydrogen-bond donors (Lipinski definition) is 3. The van der Waals surface area contributed by atoms with Crippen molar-refractivity contribution in [3.8, 4) is 0 Å². The van der Waals surface area contributed by atoms with Gasteiger partial charge in [0, 0.05) is 24.4 Å². The molecule has 4 N–H and O–H groups in total. The second-order valence-electron chi connectivity index (χ2n) is 2.28. The van der Waals surface area contributed by atoms with Gasteiger partial charge in [-0.25, -0.2) is 4.98 Å².